The van der Waals surface area contributed by atoms with Crippen LogP contribution in [0.15, 0.2) is 70.5 Å². The summed E-state index contributed by atoms with van der Waals surface area (Å²) in [6.07, 6.45) is 0. The van der Waals surface area contributed by atoms with Crippen molar-refractivity contribution in [1.82, 2.24) is 0 Å². The van der Waals surface area contributed by atoms with Crippen molar-refractivity contribution in [2.75, 3.05) is 0 Å². The Kier molecular flexibility index (Phi) is 3.70. The molecule has 0 radical (unpaired) electrons. The van der Waals surface area contributed by atoms with E-state index in [1.807, 2.05) is 0 Å². The molecule has 2 fully saturated rings. The molecule has 2 aliphatic heterocycles. The third-order valence-corrected chi connectivity index (χ3v) is 72.2. The van der Waals surface area contributed by atoms with Crippen LogP contribution in [0.1, 0.15) is 0 Å². The summed E-state index contributed by atoms with van der Waals surface area (Å²) in [5.74, 6) is 0. The molecule has 2 aliphatic rings. The van der Waals surface area contributed by atoms with E-state index in [1.54, 1.807) is 0 Å². The first-order valence-corrected chi connectivity index (χ1v) is 20.0. The lowest BCUT2D eigenvalue weighted by molar-refractivity contribution is 1.48. The Morgan fingerprint density at radius 1 is 0.750 bits per heavy atom. The van der Waals surface area contributed by atoms with E-state index in [0.29, 0.717) is 0 Å². The van der Waals surface area contributed by atoms with Crippen molar-refractivity contribution in [2.24, 2.45) is 0 Å². The summed E-state index contributed by atoms with van der Waals surface area (Å²) in [6, 6.07) is 21.9. The summed E-state index contributed by atoms with van der Waals surface area (Å²) in [5, 5.41) is 0. The summed E-state index contributed by atoms with van der Waals surface area (Å²) in [6.45, 7) is 0. The molecule has 2 aromatic rings. The van der Waals surface area contributed by atoms with E-state index in [0.717, 1.165) is 14.9 Å². The highest BCUT2D eigenvalue weighted by molar-refractivity contribution is 10.3. The third kappa shape index (κ3) is 2.39. The summed E-state index contributed by atoms with van der Waals surface area (Å²) in [7, 11) is 13.2. The fourth-order valence-corrected chi connectivity index (χ4v) is 87.4. The zero-order chi connectivity index (χ0) is 13.6. The van der Waals surface area contributed by atoms with Crippen LogP contribution in [0.3, 0.4) is 0 Å². The molecule has 0 aromatic heterocycles. The standard InChI is InChI=1S/C12H12P2S6/c1-3-7-11(8-4-1)15-20(18-19-20,14-13-17-20)16-12-9-5-2-6-10-12/h1-10,13-14H. The van der Waals surface area contributed by atoms with Crippen molar-refractivity contribution in [3.63, 3.8) is 0 Å². The van der Waals surface area contributed by atoms with Crippen molar-refractivity contribution in [3.05, 3.63) is 60.7 Å². The lowest BCUT2D eigenvalue weighted by Gasteiger charge is -2.64. The van der Waals surface area contributed by atoms with Gasteiger partial charge in [-0.2, -0.15) is 0 Å². The van der Waals surface area contributed by atoms with Crippen molar-refractivity contribution in [2.45, 2.75) is 9.79 Å². The SMILES string of the molecule is c1ccc(SS23(Sc4ccccc4)(PPS2)SS3)cc1. The maximum Gasteiger partial charge on any atom is 0.0186 e. The second-order valence-electron chi connectivity index (χ2n) is 4.31. The molecule has 2 heterocycles. The van der Waals surface area contributed by atoms with Crippen LogP contribution in [0, 0.1) is 0 Å². The Balaban J connectivity index is 1.71. The lowest BCUT2D eigenvalue weighted by atomic mass is 10.4. The Bertz CT molecular complexity index is 603. The minimum absolute atomic E-state index is 1.09. The van der Waals surface area contributed by atoms with Crippen LogP contribution in [-0.2, 0) is 0 Å². The molecule has 2 aromatic carbocycles. The van der Waals surface area contributed by atoms with Crippen LogP contribution in [-0.4, -0.2) is 0 Å². The van der Waals surface area contributed by atoms with Gasteiger partial charge in [-0.05, 0) is 61.9 Å². The van der Waals surface area contributed by atoms with Crippen LogP contribution in [0.5, 0.6) is 0 Å². The third-order valence-electron chi connectivity index (χ3n) is 2.81. The Morgan fingerprint density at radius 2 is 1.20 bits per heavy atom. The van der Waals surface area contributed by atoms with Gasteiger partial charge in [0.2, 0.25) is 0 Å². The summed E-state index contributed by atoms with van der Waals surface area (Å²) in [5.41, 5.74) is 0. The molecule has 106 valence electrons. The van der Waals surface area contributed by atoms with Crippen LogP contribution in [0.25, 0.3) is 0 Å². The number of hydrogen-bond donors (Lipinski definition) is 0. The molecule has 20 heavy (non-hydrogen) atoms. The van der Waals surface area contributed by atoms with E-state index in [1.165, 1.54) is 9.79 Å². The Hall–Kier alpha value is 1.40. The first-order chi connectivity index (χ1) is 9.68. The highest BCUT2D eigenvalue weighted by atomic mass is 34.8. The quantitative estimate of drug-likeness (QED) is 0.282. The lowest BCUT2D eigenvalue weighted by Crippen LogP contribution is -1.96. The highest BCUT2D eigenvalue weighted by Gasteiger charge is 2.82. The minimum Gasteiger partial charge on any atom is -0.0622 e. The van der Waals surface area contributed by atoms with Gasteiger partial charge in [0.25, 0.3) is 0 Å². The van der Waals surface area contributed by atoms with Crippen LogP contribution in [0.2, 0.25) is 0 Å². The topological polar surface area (TPSA) is 0 Å². The molecule has 2 saturated heterocycles. The zero-order valence-corrected chi connectivity index (χ0v) is 17.1. The maximum atomic E-state index is 2.27. The number of hydrogen-bond acceptors (Lipinski definition) is 5. The maximum absolute atomic E-state index is 2.27. The average molecular weight is 411 g/mol. The van der Waals surface area contributed by atoms with Gasteiger partial charge in [-0.3, -0.25) is 0 Å². The van der Waals surface area contributed by atoms with Gasteiger partial charge in [0.05, 0.1) is 0 Å². The predicted octanol–water partition coefficient (Wildman–Crippen LogP) is 8.27. The summed E-state index contributed by atoms with van der Waals surface area (Å²) in [4.78, 5) is 2.86. The molecular formula is C12H12P2S6. The molecule has 0 amide bonds. The summed E-state index contributed by atoms with van der Waals surface area (Å²) < 4.78 is -2.08. The Morgan fingerprint density at radius 3 is 1.50 bits per heavy atom. The molecule has 0 aliphatic carbocycles. The number of rotatable bonds is 4. The fraction of sp³-hybridized carbons (Fsp3) is 0. The van der Waals surface area contributed by atoms with Gasteiger partial charge in [0.1, 0.15) is 0 Å². The molecule has 8 heteroatoms. The molecule has 0 saturated carbocycles. The monoisotopic (exact) mass is 410 g/mol. The van der Waals surface area contributed by atoms with Crippen molar-refractivity contribution in [1.29, 1.82) is 0 Å². The normalized spacial score (nSPS) is 29.8. The van der Waals surface area contributed by atoms with Crippen LogP contribution in [0.4, 0.5) is 0 Å². The molecule has 1 spiro atoms. The van der Waals surface area contributed by atoms with E-state index in [2.05, 4.69) is 112 Å². The summed E-state index contributed by atoms with van der Waals surface area (Å²) >= 11 is 0. The second kappa shape index (κ2) is 4.95. The van der Waals surface area contributed by atoms with Gasteiger partial charge < -0.3 is 0 Å². The second-order valence-corrected chi connectivity index (χ2v) is 46.1. The molecule has 2 atom stereocenters. The van der Waals surface area contributed by atoms with E-state index in [-0.39, 0.29) is 0 Å². The molecule has 0 bridgehead atoms. The fourth-order valence-electron chi connectivity index (χ4n) is 1.80. The largest absolute Gasteiger partial charge is 0.0622 e. The Labute approximate surface area is 139 Å². The van der Waals surface area contributed by atoms with Gasteiger partial charge in [-0.25, -0.2) is 0 Å². The van der Waals surface area contributed by atoms with Gasteiger partial charge in [0.15, 0.2) is 0 Å². The first-order valence-electron chi connectivity index (χ1n) is 5.89. The van der Waals surface area contributed by atoms with Gasteiger partial charge in [0, 0.05) is 9.79 Å². The average Bonchev–Trinajstić information content (AvgIpc) is 3.14. The van der Waals surface area contributed by atoms with E-state index >= 15 is 0 Å². The molecule has 0 N–H and O–H groups in total. The minimum atomic E-state index is -2.08. The smallest absolute Gasteiger partial charge is 0.0186 e. The molecular weight excluding hydrogens is 398 g/mol. The predicted molar refractivity (Wildman–Crippen MR) is 112 cm³/mol. The van der Waals surface area contributed by atoms with Crippen LogP contribution < -0.4 is 0 Å². The van der Waals surface area contributed by atoms with Crippen molar-refractivity contribution in [3.8, 4) is 0 Å². The molecule has 0 nitrogen and oxygen atoms in total. The number of benzene rings is 2. The molecule has 4 rings (SSSR count). The van der Waals surface area contributed by atoms with Gasteiger partial charge >= 0.3 is 0 Å². The van der Waals surface area contributed by atoms with Crippen molar-refractivity contribution >= 4 is 69.7 Å². The van der Waals surface area contributed by atoms with E-state index < -0.39 is 3.07 Å². The first kappa shape index (κ1) is 15.0. The van der Waals surface area contributed by atoms with Gasteiger partial charge in [-0.15, -0.1) is 0 Å². The van der Waals surface area contributed by atoms with E-state index in [9.17, 15) is 0 Å². The zero-order valence-electron chi connectivity index (χ0n) is 10.2. The van der Waals surface area contributed by atoms with Crippen molar-refractivity contribution < 1.29 is 0 Å². The van der Waals surface area contributed by atoms with E-state index in [4.69, 9.17) is 0 Å². The highest BCUT2D eigenvalue weighted by Crippen LogP contribution is 3.52. The van der Waals surface area contributed by atoms with Crippen LogP contribution >= 0.6 is 69.7 Å². The molecule has 2 unspecified atom stereocenters. The van der Waals surface area contributed by atoms with Gasteiger partial charge in [-0.1, -0.05) is 68.4 Å².